The summed E-state index contributed by atoms with van der Waals surface area (Å²) in [5, 5.41) is 5.48. The van der Waals surface area contributed by atoms with Gasteiger partial charge in [-0.15, -0.1) is 0 Å². The molecule has 0 saturated carbocycles. The van der Waals surface area contributed by atoms with Gasteiger partial charge in [-0.1, -0.05) is 18.2 Å². The third-order valence-corrected chi connectivity index (χ3v) is 2.28. The zero-order valence-electron chi connectivity index (χ0n) is 10.2. The van der Waals surface area contributed by atoms with Gasteiger partial charge in [-0.25, -0.2) is 0 Å². The zero-order chi connectivity index (χ0) is 12.7. The molecular formula is C13H18N2O2. The number of amides is 2. The van der Waals surface area contributed by atoms with Crippen molar-refractivity contribution in [1.29, 1.82) is 0 Å². The van der Waals surface area contributed by atoms with Gasteiger partial charge >= 0.3 is 0 Å². The highest BCUT2D eigenvalue weighted by Crippen LogP contribution is 2.00. The second kappa shape index (κ2) is 6.68. The molecule has 0 fully saturated rings. The number of carbonyl (C=O) groups excluding carboxylic acids is 2. The second-order valence-electron chi connectivity index (χ2n) is 3.90. The van der Waals surface area contributed by atoms with E-state index in [-0.39, 0.29) is 17.9 Å². The molecule has 0 aliphatic rings. The maximum absolute atomic E-state index is 11.8. The van der Waals surface area contributed by atoms with Crippen LogP contribution >= 0.6 is 0 Å². The van der Waals surface area contributed by atoms with E-state index in [1.807, 2.05) is 32.0 Å². The lowest BCUT2D eigenvalue weighted by molar-refractivity contribution is -0.121. The lowest BCUT2D eigenvalue weighted by Crippen LogP contribution is -2.37. The predicted octanol–water partition coefficient (Wildman–Crippen LogP) is 1.33. The fourth-order valence-electron chi connectivity index (χ4n) is 1.50. The zero-order valence-corrected chi connectivity index (χ0v) is 10.2. The van der Waals surface area contributed by atoms with E-state index in [0.717, 1.165) is 0 Å². The van der Waals surface area contributed by atoms with Gasteiger partial charge in [0.25, 0.3) is 5.91 Å². The molecular weight excluding hydrogens is 216 g/mol. The molecule has 0 aliphatic carbocycles. The normalized spacial score (nSPS) is 11.6. The van der Waals surface area contributed by atoms with Crippen LogP contribution in [0.1, 0.15) is 30.6 Å². The van der Waals surface area contributed by atoms with Crippen LogP contribution in [0.4, 0.5) is 0 Å². The summed E-state index contributed by atoms with van der Waals surface area (Å²) in [5.41, 5.74) is 0.607. The molecule has 17 heavy (non-hydrogen) atoms. The third kappa shape index (κ3) is 4.68. The Morgan fingerprint density at radius 3 is 2.47 bits per heavy atom. The van der Waals surface area contributed by atoms with E-state index in [9.17, 15) is 9.59 Å². The van der Waals surface area contributed by atoms with E-state index in [2.05, 4.69) is 10.6 Å². The molecule has 1 aromatic rings. The topological polar surface area (TPSA) is 58.2 Å². The summed E-state index contributed by atoms with van der Waals surface area (Å²) >= 11 is 0. The molecule has 1 unspecified atom stereocenters. The molecule has 0 aromatic heterocycles. The lowest BCUT2D eigenvalue weighted by atomic mass is 10.1. The predicted molar refractivity (Wildman–Crippen MR) is 66.7 cm³/mol. The van der Waals surface area contributed by atoms with Crippen LogP contribution in [0.3, 0.4) is 0 Å². The van der Waals surface area contributed by atoms with Crippen LogP contribution in [0.5, 0.6) is 0 Å². The fourth-order valence-corrected chi connectivity index (χ4v) is 1.50. The largest absolute Gasteiger partial charge is 0.356 e. The Labute approximate surface area is 101 Å². The molecule has 1 atom stereocenters. The Morgan fingerprint density at radius 2 is 1.88 bits per heavy atom. The summed E-state index contributed by atoms with van der Waals surface area (Å²) in [6.45, 7) is 4.29. The van der Waals surface area contributed by atoms with E-state index >= 15 is 0 Å². The first kappa shape index (κ1) is 13.2. The molecule has 0 heterocycles. The van der Waals surface area contributed by atoms with Crippen LogP contribution in [0.2, 0.25) is 0 Å². The standard InChI is InChI=1S/C13H18N2O2/c1-3-14-12(16)9-10(2)15-13(17)11-7-5-4-6-8-11/h4-8,10H,3,9H2,1-2H3,(H,14,16)(H,15,17). The van der Waals surface area contributed by atoms with Gasteiger partial charge in [0.05, 0.1) is 0 Å². The molecule has 2 amide bonds. The van der Waals surface area contributed by atoms with Crippen molar-refractivity contribution in [3.05, 3.63) is 35.9 Å². The number of benzene rings is 1. The van der Waals surface area contributed by atoms with Crippen LogP contribution in [0.25, 0.3) is 0 Å². The van der Waals surface area contributed by atoms with Gasteiger partial charge in [-0.3, -0.25) is 9.59 Å². The average Bonchev–Trinajstić information content (AvgIpc) is 2.30. The third-order valence-electron chi connectivity index (χ3n) is 2.28. The Bertz CT molecular complexity index is 376. The van der Waals surface area contributed by atoms with Crippen molar-refractivity contribution >= 4 is 11.8 Å². The van der Waals surface area contributed by atoms with Gasteiger partial charge in [-0.05, 0) is 26.0 Å². The van der Waals surface area contributed by atoms with Crippen LogP contribution in [0.15, 0.2) is 30.3 Å². The number of hydrogen-bond donors (Lipinski definition) is 2. The van der Waals surface area contributed by atoms with Crippen LogP contribution in [-0.4, -0.2) is 24.4 Å². The highest BCUT2D eigenvalue weighted by atomic mass is 16.2. The summed E-state index contributed by atoms with van der Waals surface area (Å²) in [6.07, 6.45) is 0.298. The summed E-state index contributed by atoms with van der Waals surface area (Å²) in [7, 11) is 0. The molecule has 4 nitrogen and oxygen atoms in total. The maximum Gasteiger partial charge on any atom is 0.251 e. The van der Waals surface area contributed by atoms with Crippen molar-refractivity contribution in [3.8, 4) is 0 Å². The first-order valence-electron chi connectivity index (χ1n) is 5.76. The molecule has 1 aromatic carbocycles. The summed E-state index contributed by atoms with van der Waals surface area (Å²) in [6, 6.07) is 8.79. The molecule has 1 rings (SSSR count). The first-order valence-corrected chi connectivity index (χ1v) is 5.76. The number of rotatable bonds is 5. The van der Waals surface area contributed by atoms with E-state index in [4.69, 9.17) is 0 Å². The number of nitrogens with one attached hydrogen (secondary N) is 2. The fraction of sp³-hybridized carbons (Fsp3) is 0.385. The molecule has 0 bridgehead atoms. The highest BCUT2D eigenvalue weighted by Gasteiger charge is 2.12. The monoisotopic (exact) mass is 234 g/mol. The molecule has 4 heteroatoms. The molecule has 0 saturated heterocycles. The van der Waals surface area contributed by atoms with E-state index in [0.29, 0.717) is 18.5 Å². The minimum Gasteiger partial charge on any atom is -0.356 e. The molecule has 0 aliphatic heterocycles. The van der Waals surface area contributed by atoms with Crippen molar-refractivity contribution in [2.24, 2.45) is 0 Å². The summed E-state index contributed by atoms with van der Waals surface area (Å²) in [4.78, 5) is 23.1. The molecule has 2 N–H and O–H groups in total. The lowest BCUT2D eigenvalue weighted by Gasteiger charge is -2.13. The highest BCUT2D eigenvalue weighted by molar-refractivity contribution is 5.94. The van der Waals surface area contributed by atoms with E-state index in [1.165, 1.54) is 0 Å². The minimum absolute atomic E-state index is 0.0478. The van der Waals surface area contributed by atoms with Crippen molar-refractivity contribution < 1.29 is 9.59 Å². The second-order valence-corrected chi connectivity index (χ2v) is 3.90. The molecule has 0 radical (unpaired) electrons. The average molecular weight is 234 g/mol. The Kier molecular flexibility index (Phi) is 5.20. The Balaban J connectivity index is 2.44. The quantitative estimate of drug-likeness (QED) is 0.807. The SMILES string of the molecule is CCNC(=O)CC(C)NC(=O)c1ccccc1. The molecule has 0 spiro atoms. The number of carbonyl (C=O) groups is 2. The van der Waals surface area contributed by atoms with Gasteiger partial charge < -0.3 is 10.6 Å². The van der Waals surface area contributed by atoms with E-state index < -0.39 is 0 Å². The van der Waals surface area contributed by atoms with Crippen molar-refractivity contribution in [2.45, 2.75) is 26.3 Å². The van der Waals surface area contributed by atoms with Gasteiger partial charge in [0.2, 0.25) is 5.91 Å². The van der Waals surface area contributed by atoms with Crippen LogP contribution in [0, 0.1) is 0 Å². The van der Waals surface area contributed by atoms with Gasteiger partial charge in [-0.2, -0.15) is 0 Å². The van der Waals surface area contributed by atoms with Gasteiger partial charge in [0.1, 0.15) is 0 Å². The smallest absolute Gasteiger partial charge is 0.251 e. The van der Waals surface area contributed by atoms with Crippen molar-refractivity contribution in [1.82, 2.24) is 10.6 Å². The summed E-state index contributed by atoms with van der Waals surface area (Å²) in [5.74, 6) is -0.198. The molecule has 92 valence electrons. The van der Waals surface area contributed by atoms with Crippen LogP contribution < -0.4 is 10.6 Å². The van der Waals surface area contributed by atoms with E-state index in [1.54, 1.807) is 12.1 Å². The Morgan fingerprint density at radius 1 is 1.24 bits per heavy atom. The number of hydrogen-bond acceptors (Lipinski definition) is 2. The first-order chi connectivity index (χ1) is 8.13. The summed E-state index contributed by atoms with van der Waals surface area (Å²) < 4.78 is 0. The Hall–Kier alpha value is -1.84. The maximum atomic E-state index is 11.8. The van der Waals surface area contributed by atoms with Crippen molar-refractivity contribution in [3.63, 3.8) is 0 Å². The van der Waals surface area contributed by atoms with Crippen molar-refractivity contribution in [2.75, 3.05) is 6.54 Å². The van der Waals surface area contributed by atoms with Gasteiger partial charge in [0, 0.05) is 24.6 Å². The van der Waals surface area contributed by atoms with Crippen LogP contribution in [-0.2, 0) is 4.79 Å². The van der Waals surface area contributed by atoms with Gasteiger partial charge in [0.15, 0.2) is 0 Å². The minimum atomic E-state index is -0.172.